The molecule has 72 valence electrons. The average molecular weight is 184 g/mol. The highest BCUT2D eigenvalue weighted by atomic mass is 16.6. The summed E-state index contributed by atoms with van der Waals surface area (Å²) in [6, 6.07) is 0. The van der Waals surface area contributed by atoms with Crippen LogP contribution >= 0.6 is 0 Å². The van der Waals surface area contributed by atoms with Crippen LogP contribution in [0.1, 0.15) is 12.8 Å². The number of hydrogen-bond acceptors (Lipinski definition) is 4. The smallest absolute Gasteiger partial charge is 0.312 e. The molecule has 0 aliphatic carbocycles. The third-order valence-corrected chi connectivity index (χ3v) is 3.63. The fourth-order valence-electron chi connectivity index (χ4n) is 3.03. The first-order valence-electron chi connectivity index (χ1n) is 4.72. The van der Waals surface area contributed by atoms with E-state index in [-0.39, 0.29) is 36.1 Å². The molecule has 4 heteroatoms. The predicted octanol–water partition coefficient (Wildman–Crippen LogP) is -0.301. The Morgan fingerprint density at radius 3 is 3.23 bits per heavy atom. The molecule has 0 aromatic heterocycles. The molecule has 1 spiro atoms. The largest absolute Gasteiger partial charge is 0.462 e. The van der Waals surface area contributed by atoms with Crippen LogP contribution < -0.4 is 0 Å². The minimum Gasteiger partial charge on any atom is -0.462 e. The van der Waals surface area contributed by atoms with Crippen molar-refractivity contribution in [1.82, 2.24) is 0 Å². The van der Waals surface area contributed by atoms with E-state index >= 15 is 0 Å². The first-order chi connectivity index (χ1) is 6.27. The second kappa shape index (κ2) is 2.25. The van der Waals surface area contributed by atoms with Crippen LogP contribution in [0.15, 0.2) is 0 Å². The van der Waals surface area contributed by atoms with Crippen LogP contribution in [-0.4, -0.2) is 36.0 Å². The maximum atomic E-state index is 11.4. The molecule has 1 N–H and O–H groups in total. The summed E-state index contributed by atoms with van der Waals surface area (Å²) in [7, 11) is 0. The summed E-state index contributed by atoms with van der Waals surface area (Å²) in [6.07, 6.45) is 1.95. The van der Waals surface area contributed by atoms with E-state index < -0.39 is 0 Å². The zero-order chi connectivity index (χ0) is 9.05. The molecule has 3 aliphatic rings. The van der Waals surface area contributed by atoms with Crippen LogP contribution in [0.3, 0.4) is 0 Å². The Bertz CT molecular complexity index is 264. The summed E-state index contributed by atoms with van der Waals surface area (Å²) in [6.45, 7) is 0.426. The molecule has 4 nitrogen and oxygen atoms in total. The molecule has 4 atom stereocenters. The Labute approximate surface area is 75.8 Å². The van der Waals surface area contributed by atoms with Gasteiger partial charge < -0.3 is 14.6 Å². The highest BCUT2D eigenvalue weighted by Gasteiger charge is 2.66. The number of carbonyl (C=O) groups is 1. The normalized spacial score (nSPS) is 52.4. The summed E-state index contributed by atoms with van der Waals surface area (Å²) >= 11 is 0. The van der Waals surface area contributed by atoms with Crippen molar-refractivity contribution in [2.45, 2.75) is 24.5 Å². The lowest BCUT2D eigenvalue weighted by atomic mass is 9.74. The van der Waals surface area contributed by atoms with E-state index in [1.165, 1.54) is 0 Å². The number of hydrogen-bond donors (Lipinski definition) is 1. The third kappa shape index (κ3) is 0.758. The van der Waals surface area contributed by atoms with Crippen molar-refractivity contribution in [3.05, 3.63) is 0 Å². The topological polar surface area (TPSA) is 55.8 Å². The molecule has 0 amide bonds. The number of carbonyl (C=O) groups excluding carboxylic acids is 1. The standard InChI is InChI=1S/C9H12O4/c10-3-5-6-1-2-9(13-6)4-12-8(11)7(5)9/h5-7,10H,1-4H2. The Morgan fingerprint density at radius 2 is 2.46 bits per heavy atom. The molecule has 3 aliphatic heterocycles. The second-order valence-corrected chi connectivity index (χ2v) is 4.19. The molecule has 3 heterocycles. The van der Waals surface area contributed by atoms with Crippen LogP contribution in [0.25, 0.3) is 0 Å². The summed E-state index contributed by atoms with van der Waals surface area (Å²) in [4.78, 5) is 11.4. The molecule has 3 fully saturated rings. The molecule has 0 aromatic carbocycles. The van der Waals surface area contributed by atoms with Crippen LogP contribution in [0, 0.1) is 11.8 Å². The number of rotatable bonds is 1. The molecular weight excluding hydrogens is 172 g/mol. The monoisotopic (exact) mass is 184 g/mol. The van der Waals surface area contributed by atoms with Crippen molar-refractivity contribution < 1.29 is 19.4 Å². The fourth-order valence-corrected chi connectivity index (χ4v) is 3.03. The van der Waals surface area contributed by atoms with Gasteiger partial charge in [-0.2, -0.15) is 0 Å². The molecule has 13 heavy (non-hydrogen) atoms. The molecule has 0 aromatic rings. The Hall–Kier alpha value is -0.610. The molecule has 2 bridgehead atoms. The van der Waals surface area contributed by atoms with Gasteiger partial charge in [-0.15, -0.1) is 0 Å². The Balaban J connectivity index is 2.00. The van der Waals surface area contributed by atoms with Crippen molar-refractivity contribution >= 4 is 5.97 Å². The Morgan fingerprint density at radius 1 is 1.62 bits per heavy atom. The molecule has 3 saturated heterocycles. The van der Waals surface area contributed by atoms with Gasteiger partial charge in [0.1, 0.15) is 12.2 Å². The van der Waals surface area contributed by atoms with E-state index in [9.17, 15) is 4.79 Å². The number of esters is 1. The lowest BCUT2D eigenvalue weighted by molar-refractivity contribution is -0.143. The minimum absolute atomic E-state index is 0.0243. The van der Waals surface area contributed by atoms with Crippen molar-refractivity contribution in [3.63, 3.8) is 0 Å². The number of aliphatic hydroxyl groups excluding tert-OH is 1. The van der Waals surface area contributed by atoms with Gasteiger partial charge in [0.15, 0.2) is 0 Å². The van der Waals surface area contributed by atoms with Gasteiger partial charge in [-0.25, -0.2) is 0 Å². The number of cyclic esters (lactones) is 1. The fraction of sp³-hybridized carbons (Fsp3) is 0.889. The van der Waals surface area contributed by atoms with Crippen LogP contribution in [0.4, 0.5) is 0 Å². The van der Waals surface area contributed by atoms with Gasteiger partial charge in [0.25, 0.3) is 0 Å². The highest BCUT2D eigenvalue weighted by molar-refractivity contribution is 5.77. The first kappa shape index (κ1) is 7.76. The summed E-state index contributed by atoms with van der Waals surface area (Å²) in [5.74, 6) is -0.402. The molecule has 0 saturated carbocycles. The van der Waals surface area contributed by atoms with E-state index in [0.29, 0.717) is 6.61 Å². The van der Waals surface area contributed by atoms with Gasteiger partial charge in [-0.3, -0.25) is 4.79 Å². The van der Waals surface area contributed by atoms with Gasteiger partial charge in [0.05, 0.1) is 12.0 Å². The maximum absolute atomic E-state index is 11.4. The van der Waals surface area contributed by atoms with E-state index in [1.54, 1.807) is 0 Å². The van der Waals surface area contributed by atoms with Crippen LogP contribution in [-0.2, 0) is 14.3 Å². The van der Waals surface area contributed by atoms with Crippen molar-refractivity contribution in [1.29, 1.82) is 0 Å². The number of ether oxygens (including phenoxy) is 2. The van der Waals surface area contributed by atoms with Gasteiger partial charge in [-0.1, -0.05) is 0 Å². The number of fused-ring (bicyclic) bond motifs is 1. The number of aliphatic hydroxyl groups is 1. The third-order valence-electron chi connectivity index (χ3n) is 3.63. The van der Waals surface area contributed by atoms with E-state index in [2.05, 4.69) is 0 Å². The van der Waals surface area contributed by atoms with E-state index in [4.69, 9.17) is 14.6 Å². The van der Waals surface area contributed by atoms with Crippen molar-refractivity contribution in [2.75, 3.05) is 13.2 Å². The van der Waals surface area contributed by atoms with Crippen molar-refractivity contribution in [3.8, 4) is 0 Å². The summed E-state index contributed by atoms with van der Waals surface area (Å²) in [5.41, 5.74) is -0.366. The highest BCUT2D eigenvalue weighted by Crippen LogP contribution is 2.54. The molecule has 3 rings (SSSR count). The summed E-state index contributed by atoms with van der Waals surface area (Å²) in [5, 5.41) is 9.16. The van der Waals surface area contributed by atoms with Gasteiger partial charge in [0, 0.05) is 12.5 Å². The maximum Gasteiger partial charge on any atom is 0.312 e. The predicted molar refractivity (Wildman–Crippen MR) is 41.9 cm³/mol. The quantitative estimate of drug-likeness (QED) is 0.568. The SMILES string of the molecule is O=C1OCC23CCC(O2)C(CO)C13. The zero-order valence-corrected chi connectivity index (χ0v) is 7.23. The molecular formula is C9H12O4. The first-order valence-corrected chi connectivity index (χ1v) is 4.72. The van der Waals surface area contributed by atoms with E-state index in [0.717, 1.165) is 12.8 Å². The second-order valence-electron chi connectivity index (χ2n) is 4.19. The van der Waals surface area contributed by atoms with E-state index in [1.807, 2.05) is 0 Å². The van der Waals surface area contributed by atoms with Crippen LogP contribution in [0.5, 0.6) is 0 Å². The molecule has 4 unspecified atom stereocenters. The summed E-state index contributed by atoms with van der Waals surface area (Å²) < 4.78 is 10.7. The van der Waals surface area contributed by atoms with Gasteiger partial charge >= 0.3 is 5.97 Å². The zero-order valence-electron chi connectivity index (χ0n) is 7.23. The lowest BCUT2D eigenvalue weighted by Gasteiger charge is -2.24. The van der Waals surface area contributed by atoms with Gasteiger partial charge in [0.2, 0.25) is 0 Å². The van der Waals surface area contributed by atoms with Gasteiger partial charge in [-0.05, 0) is 12.8 Å². The Kier molecular flexibility index (Phi) is 1.34. The lowest BCUT2D eigenvalue weighted by Crippen LogP contribution is -2.39. The van der Waals surface area contributed by atoms with Crippen molar-refractivity contribution in [2.24, 2.45) is 11.8 Å². The van der Waals surface area contributed by atoms with Crippen LogP contribution in [0.2, 0.25) is 0 Å². The minimum atomic E-state index is -0.366. The average Bonchev–Trinajstić information content (AvgIpc) is 2.76. The molecule has 0 radical (unpaired) electrons.